The zero-order chi connectivity index (χ0) is 19.8. The van der Waals surface area contributed by atoms with E-state index in [4.69, 9.17) is 21.1 Å². The molecule has 2 amide bonds. The number of amides is 2. The SMILES string of the molecule is COc1ccc(NC(=O)CS[C@H](C)C(=O)Nc2cc(Cl)ccc2OC)cc1. The molecular formula is C19H21ClN2O4S. The van der Waals surface area contributed by atoms with Gasteiger partial charge in [-0.2, -0.15) is 0 Å². The lowest BCUT2D eigenvalue weighted by molar-refractivity contribution is -0.115. The maximum atomic E-state index is 12.4. The van der Waals surface area contributed by atoms with Crippen LogP contribution in [0.2, 0.25) is 5.02 Å². The van der Waals surface area contributed by atoms with E-state index in [1.807, 2.05) is 0 Å². The topological polar surface area (TPSA) is 76.7 Å². The smallest absolute Gasteiger partial charge is 0.237 e. The molecule has 0 radical (unpaired) electrons. The van der Waals surface area contributed by atoms with Crippen molar-refractivity contribution in [3.05, 3.63) is 47.5 Å². The molecule has 2 rings (SSSR count). The summed E-state index contributed by atoms with van der Waals surface area (Å²) in [4.78, 5) is 24.4. The molecule has 0 saturated heterocycles. The molecule has 2 N–H and O–H groups in total. The maximum Gasteiger partial charge on any atom is 0.237 e. The maximum absolute atomic E-state index is 12.4. The van der Waals surface area contributed by atoms with E-state index >= 15 is 0 Å². The normalized spacial score (nSPS) is 11.4. The van der Waals surface area contributed by atoms with Crippen LogP contribution in [0.25, 0.3) is 0 Å². The minimum Gasteiger partial charge on any atom is -0.497 e. The molecule has 27 heavy (non-hydrogen) atoms. The molecule has 0 aliphatic rings. The van der Waals surface area contributed by atoms with Gasteiger partial charge in [-0.05, 0) is 49.4 Å². The van der Waals surface area contributed by atoms with Crippen LogP contribution in [0.5, 0.6) is 11.5 Å². The molecule has 0 spiro atoms. The summed E-state index contributed by atoms with van der Waals surface area (Å²) in [6.45, 7) is 1.73. The van der Waals surface area contributed by atoms with Crippen LogP contribution >= 0.6 is 23.4 Å². The Morgan fingerprint density at radius 3 is 2.41 bits per heavy atom. The Labute approximate surface area is 167 Å². The zero-order valence-electron chi connectivity index (χ0n) is 15.2. The molecule has 8 heteroatoms. The largest absolute Gasteiger partial charge is 0.497 e. The predicted octanol–water partition coefficient (Wildman–Crippen LogP) is 4.06. The zero-order valence-corrected chi connectivity index (χ0v) is 16.8. The van der Waals surface area contributed by atoms with Gasteiger partial charge in [-0.25, -0.2) is 0 Å². The van der Waals surface area contributed by atoms with Gasteiger partial charge in [0.25, 0.3) is 0 Å². The molecule has 1 atom stereocenters. The Bertz CT molecular complexity index is 799. The predicted molar refractivity (Wildman–Crippen MR) is 110 cm³/mol. The second-order valence-electron chi connectivity index (χ2n) is 5.56. The van der Waals surface area contributed by atoms with Gasteiger partial charge in [-0.1, -0.05) is 11.6 Å². The third-order valence-electron chi connectivity index (χ3n) is 3.63. The Morgan fingerprint density at radius 2 is 1.78 bits per heavy atom. The highest BCUT2D eigenvalue weighted by atomic mass is 35.5. The molecule has 6 nitrogen and oxygen atoms in total. The van der Waals surface area contributed by atoms with Crippen molar-refractivity contribution >= 4 is 46.6 Å². The number of hydrogen-bond donors (Lipinski definition) is 2. The molecule has 0 bridgehead atoms. The average molecular weight is 409 g/mol. The first-order valence-electron chi connectivity index (χ1n) is 8.13. The lowest BCUT2D eigenvalue weighted by Gasteiger charge is -2.14. The number of thioether (sulfide) groups is 1. The molecule has 0 fully saturated rings. The molecule has 0 saturated carbocycles. The van der Waals surface area contributed by atoms with Crippen molar-refractivity contribution in [3.63, 3.8) is 0 Å². The molecular weight excluding hydrogens is 388 g/mol. The van der Waals surface area contributed by atoms with E-state index < -0.39 is 5.25 Å². The second kappa shape index (κ2) is 10.1. The Balaban J connectivity index is 1.85. The second-order valence-corrected chi connectivity index (χ2v) is 7.33. The standard InChI is InChI=1S/C19H21ClN2O4S/c1-12(19(24)22-16-10-13(20)4-9-17(16)26-3)27-11-18(23)21-14-5-7-15(25-2)8-6-14/h4-10,12H,11H2,1-3H3,(H,21,23)(H,22,24)/t12-/m1/s1. The summed E-state index contributed by atoms with van der Waals surface area (Å²) in [6.07, 6.45) is 0. The van der Waals surface area contributed by atoms with E-state index in [2.05, 4.69) is 10.6 Å². The van der Waals surface area contributed by atoms with Gasteiger partial charge in [0.05, 0.1) is 30.9 Å². The van der Waals surface area contributed by atoms with Gasteiger partial charge >= 0.3 is 0 Å². The Kier molecular flexibility index (Phi) is 7.82. The van der Waals surface area contributed by atoms with E-state index in [9.17, 15) is 9.59 Å². The van der Waals surface area contributed by atoms with Crippen molar-refractivity contribution in [2.24, 2.45) is 0 Å². The van der Waals surface area contributed by atoms with Crippen molar-refractivity contribution in [2.45, 2.75) is 12.2 Å². The molecule has 0 unspecified atom stereocenters. The van der Waals surface area contributed by atoms with Crippen LogP contribution in [0.4, 0.5) is 11.4 Å². The van der Waals surface area contributed by atoms with Crippen LogP contribution in [0.15, 0.2) is 42.5 Å². The van der Waals surface area contributed by atoms with E-state index in [-0.39, 0.29) is 17.6 Å². The van der Waals surface area contributed by atoms with Crippen LogP contribution < -0.4 is 20.1 Å². The van der Waals surface area contributed by atoms with E-state index in [1.54, 1.807) is 56.5 Å². The summed E-state index contributed by atoms with van der Waals surface area (Å²) in [6, 6.07) is 12.0. The first kappa shape index (κ1) is 20.9. The van der Waals surface area contributed by atoms with Gasteiger partial charge < -0.3 is 20.1 Å². The van der Waals surface area contributed by atoms with Gasteiger partial charge in [0.15, 0.2) is 0 Å². The summed E-state index contributed by atoms with van der Waals surface area (Å²) in [5, 5.41) is 5.61. The molecule has 0 aliphatic carbocycles. The van der Waals surface area contributed by atoms with Gasteiger partial charge in [0.1, 0.15) is 11.5 Å². The van der Waals surface area contributed by atoms with E-state index in [0.717, 1.165) is 0 Å². The molecule has 144 valence electrons. The number of nitrogens with one attached hydrogen (secondary N) is 2. The fourth-order valence-corrected chi connectivity index (χ4v) is 3.02. The Hall–Kier alpha value is -2.38. The molecule has 0 heterocycles. The number of halogens is 1. The Morgan fingerprint density at radius 1 is 1.07 bits per heavy atom. The van der Waals surface area contributed by atoms with Gasteiger partial charge in [-0.15, -0.1) is 11.8 Å². The highest BCUT2D eigenvalue weighted by molar-refractivity contribution is 8.01. The van der Waals surface area contributed by atoms with Crippen molar-refractivity contribution in [1.82, 2.24) is 0 Å². The van der Waals surface area contributed by atoms with Gasteiger partial charge in [0.2, 0.25) is 11.8 Å². The molecule has 2 aromatic carbocycles. The summed E-state index contributed by atoms with van der Waals surface area (Å²) in [5.41, 5.74) is 1.16. The molecule has 0 aromatic heterocycles. The van der Waals surface area contributed by atoms with Crippen LogP contribution in [0.1, 0.15) is 6.92 Å². The first-order chi connectivity index (χ1) is 12.9. The fourth-order valence-electron chi connectivity index (χ4n) is 2.16. The number of anilines is 2. The summed E-state index contributed by atoms with van der Waals surface area (Å²) in [5.74, 6) is 0.946. The van der Waals surface area contributed by atoms with Gasteiger partial charge in [-0.3, -0.25) is 9.59 Å². The monoisotopic (exact) mass is 408 g/mol. The highest BCUT2D eigenvalue weighted by Crippen LogP contribution is 2.28. The molecule has 2 aromatic rings. The number of hydrogen-bond acceptors (Lipinski definition) is 5. The number of ether oxygens (including phenoxy) is 2. The fraction of sp³-hybridized carbons (Fsp3) is 0.263. The van der Waals surface area contributed by atoms with Gasteiger partial charge in [0, 0.05) is 10.7 Å². The number of carbonyl (C=O) groups is 2. The van der Waals surface area contributed by atoms with E-state index in [1.165, 1.54) is 18.9 Å². The number of rotatable bonds is 8. The minimum atomic E-state index is -0.435. The van der Waals surface area contributed by atoms with Crippen molar-refractivity contribution in [1.29, 1.82) is 0 Å². The number of methoxy groups -OCH3 is 2. The van der Waals surface area contributed by atoms with E-state index in [0.29, 0.717) is 27.9 Å². The third-order valence-corrected chi connectivity index (χ3v) is 5.00. The molecule has 0 aliphatic heterocycles. The lowest BCUT2D eigenvalue weighted by atomic mass is 10.3. The van der Waals surface area contributed by atoms with Crippen LogP contribution in [-0.2, 0) is 9.59 Å². The van der Waals surface area contributed by atoms with Crippen LogP contribution in [-0.4, -0.2) is 37.0 Å². The summed E-state index contributed by atoms with van der Waals surface area (Å²) < 4.78 is 10.3. The highest BCUT2D eigenvalue weighted by Gasteiger charge is 2.17. The quantitative estimate of drug-likeness (QED) is 0.688. The van der Waals surface area contributed by atoms with Crippen molar-refractivity contribution in [2.75, 3.05) is 30.6 Å². The minimum absolute atomic E-state index is 0.146. The summed E-state index contributed by atoms with van der Waals surface area (Å²) >= 11 is 7.20. The van der Waals surface area contributed by atoms with Crippen molar-refractivity contribution in [3.8, 4) is 11.5 Å². The average Bonchev–Trinajstić information content (AvgIpc) is 2.67. The van der Waals surface area contributed by atoms with Crippen molar-refractivity contribution < 1.29 is 19.1 Å². The summed E-state index contributed by atoms with van der Waals surface area (Å²) in [7, 11) is 3.09. The number of carbonyl (C=O) groups excluding carboxylic acids is 2. The lowest BCUT2D eigenvalue weighted by Crippen LogP contribution is -2.25. The number of benzene rings is 2. The van der Waals surface area contributed by atoms with Crippen LogP contribution in [0.3, 0.4) is 0 Å². The third kappa shape index (κ3) is 6.37. The first-order valence-corrected chi connectivity index (χ1v) is 9.55. The van der Waals surface area contributed by atoms with Crippen LogP contribution in [0, 0.1) is 0 Å².